The first kappa shape index (κ1) is 26.9. The number of para-hydroxylation sites is 1. The number of anilines is 1. The number of sulfonamides is 1. The van der Waals surface area contributed by atoms with Crippen molar-refractivity contribution < 1.29 is 18.0 Å². The summed E-state index contributed by atoms with van der Waals surface area (Å²) in [5, 5.41) is 2.87. The summed E-state index contributed by atoms with van der Waals surface area (Å²) in [5.41, 5.74) is 1.41. The van der Waals surface area contributed by atoms with Gasteiger partial charge in [-0.05, 0) is 52.9 Å². The Bertz CT molecular complexity index is 1030. The Labute approximate surface area is 205 Å². The summed E-state index contributed by atoms with van der Waals surface area (Å²) in [5.74, 6) is -0.654. The first-order chi connectivity index (χ1) is 15.7. The maximum Gasteiger partial charge on any atom is 0.244 e. The van der Waals surface area contributed by atoms with Crippen molar-refractivity contribution in [2.75, 3.05) is 30.2 Å². The monoisotopic (exact) mass is 537 g/mol. The van der Waals surface area contributed by atoms with Gasteiger partial charge in [-0.25, -0.2) is 8.42 Å². The number of carbonyl (C=O) groups excluding carboxylic acids is 2. The van der Waals surface area contributed by atoms with Crippen LogP contribution in [0.1, 0.15) is 32.3 Å². The minimum absolute atomic E-state index is 0.229. The Hall–Kier alpha value is -2.39. The van der Waals surface area contributed by atoms with Crippen molar-refractivity contribution in [1.29, 1.82) is 0 Å². The van der Waals surface area contributed by atoms with Gasteiger partial charge in [-0.15, -0.1) is 0 Å². The molecule has 2 aromatic rings. The van der Waals surface area contributed by atoms with Crippen molar-refractivity contribution in [1.82, 2.24) is 10.2 Å². The first-order valence-corrected chi connectivity index (χ1v) is 13.7. The number of nitrogens with zero attached hydrogens (tertiary/aromatic N) is 2. The lowest BCUT2D eigenvalue weighted by Crippen LogP contribution is -2.53. The van der Waals surface area contributed by atoms with Crippen LogP contribution in [0.2, 0.25) is 0 Å². The Morgan fingerprint density at radius 2 is 1.67 bits per heavy atom. The molecule has 2 aromatic carbocycles. The fourth-order valence-corrected chi connectivity index (χ4v) is 4.99. The molecule has 180 valence electrons. The molecule has 0 bridgehead atoms. The molecule has 0 radical (unpaired) electrons. The van der Waals surface area contributed by atoms with Crippen LogP contribution in [0.15, 0.2) is 59.1 Å². The van der Waals surface area contributed by atoms with Crippen LogP contribution in [-0.4, -0.2) is 57.1 Å². The molecule has 0 aliphatic carbocycles. The van der Waals surface area contributed by atoms with Gasteiger partial charge in [0.25, 0.3) is 0 Å². The highest BCUT2D eigenvalue weighted by atomic mass is 79.9. The second kappa shape index (κ2) is 12.7. The van der Waals surface area contributed by atoms with Crippen LogP contribution in [0, 0.1) is 0 Å². The minimum Gasteiger partial charge on any atom is -0.354 e. The minimum atomic E-state index is -3.75. The predicted octanol–water partition coefficient (Wildman–Crippen LogP) is 3.59. The van der Waals surface area contributed by atoms with Crippen LogP contribution in [0.3, 0.4) is 0 Å². The van der Waals surface area contributed by atoms with Gasteiger partial charge in [0.2, 0.25) is 21.8 Å². The van der Waals surface area contributed by atoms with Crippen LogP contribution >= 0.6 is 15.9 Å². The van der Waals surface area contributed by atoms with Crippen molar-refractivity contribution in [2.24, 2.45) is 0 Å². The smallest absolute Gasteiger partial charge is 0.244 e. The van der Waals surface area contributed by atoms with Crippen LogP contribution in [0.4, 0.5) is 5.69 Å². The van der Waals surface area contributed by atoms with Crippen molar-refractivity contribution in [3.8, 4) is 0 Å². The second-order valence-corrected chi connectivity index (χ2v) is 10.5. The standard InChI is InChI=1S/C24H32BrN3O4S/c1-4-16-26-24(30)21(5-2)27(17-15-19-11-7-6-8-12-19)23(29)18-28(33(3,31)32)22-14-10-9-13-20(22)25/h6-14,21H,4-5,15-18H2,1-3H3,(H,26,30)/t21-/m0/s1. The van der Waals surface area contributed by atoms with Crippen LogP contribution in [0.5, 0.6) is 0 Å². The summed E-state index contributed by atoms with van der Waals surface area (Å²) < 4.78 is 26.8. The van der Waals surface area contributed by atoms with E-state index in [0.29, 0.717) is 36.1 Å². The lowest BCUT2D eigenvalue weighted by molar-refractivity contribution is -0.139. The molecule has 0 saturated heterocycles. The third kappa shape index (κ3) is 7.85. The molecule has 0 fully saturated rings. The first-order valence-electron chi connectivity index (χ1n) is 11.0. The van der Waals surface area contributed by atoms with Gasteiger partial charge in [-0.1, -0.05) is 56.3 Å². The quantitative estimate of drug-likeness (QED) is 0.448. The number of halogens is 1. The topological polar surface area (TPSA) is 86.8 Å². The molecule has 2 rings (SSSR count). The number of nitrogens with one attached hydrogen (secondary N) is 1. The number of rotatable bonds is 12. The van der Waals surface area contributed by atoms with Crippen molar-refractivity contribution in [3.63, 3.8) is 0 Å². The largest absolute Gasteiger partial charge is 0.354 e. The lowest BCUT2D eigenvalue weighted by Gasteiger charge is -2.33. The Morgan fingerprint density at radius 3 is 2.24 bits per heavy atom. The van der Waals surface area contributed by atoms with E-state index in [9.17, 15) is 18.0 Å². The molecule has 1 atom stereocenters. The molecule has 9 heteroatoms. The number of hydrogen-bond acceptors (Lipinski definition) is 4. The van der Waals surface area contributed by atoms with E-state index in [1.165, 1.54) is 4.90 Å². The summed E-state index contributed by atoms with van der Waals surface area (Å²) in [7, 11) is -3.75. The molecule has 0 saturated carbocycles. The average Bonchev–Trinajstić information content (AvgIpc) is 2.79. The molecule has 0 heterocycles. The number of benzene rings is 2. The van der Waals surface area contributed by atoms with Crippen LogP contribution in [0.25, 0.3) is 0 Å². The summed E-state index contributed by atoms with van der Waals surface area (Å²) >= 11 is 3.38. The maximum atomic E-state index is 13.5. The Balaban J connectivity index is 2.35. The predicted molar refractivity (Wildman–Crippen MR) is 136 cm³/mol. The van der Waals surface area contributed by atoms with Gasteiger partial charge in [-0.3, -0.25) is 13.9 Å². The number of hydrogen-bond donors (Lipinski definition) is 1. The molecule has 7 nitrogen and oxygen atoms in total. The summed E-state index contributed by atoms with van der Waals surface area (Å²) in [6, 6.07) is 15.8. The van der Waals surface area contributed by atoms with Gasteiger partial charge in [-0.2, -0.15) is 0 Å². The van der Waals surface area contributed by atoms with Crippen molar-refractivity contribution in [3.05, 3.63) is 64.6 Å². The summed E-state index contributed by atoms with van der Waals surface area (Å²) in [4.78, 5) is 27.9. The fraction of sp³-hybridized carbons (Fsp3) is 0.417. The van der Waals surface area contributed by atoms with Gasteiger partial charge in [0.05, 0.1) is 11.9 Å². The lowest BCUT2D eigenvalue weighted by atomic mass is 10.1. The Kier molecular flexibility index (Phi) is 10.4. The molecule has 33 heavy (non-hydrogen) atoms. The van der Waals surface area contributed by atoms with Crippen molar-refractivity contribution >= 4 is 43.5 Å². The summed E-state index contributed by atoms with van der Waals surface area (Å²) in [6.45, 7) is 4.23. The van der Waals surface area contributed by atoms with Gasteiger partial charge in [0.15, 0.2) is 0 Å². The van der Waals surface area contributed by atoms with E-state index >= 15 is 0 Å². The highest BCUT2D eigenvalue weighted by molar-refractivity contribution is 9.10. The molecule has 2 amide bonds. The van der Waals surface area contributed by atoms with Crippen LogP contribution < -0.4 is 9.62 Å². The number of carbonyl (C=O) groups is 2. The van der Waals surface area contributed by atoms with Gasteiger partial charge in [0.1, 0.15) is 12.6 Å². The third-order valence-corrected chi connectivity index (χ3v) is 7.02. The number of amides is 2. The molecule has 0 aromatic heterocycles. The maximum absolute atomic E-state index is 13.5. The highest BCUT2D eigenvalue weighted by Crippen LogP contribution is 2.27. The molecular weight excluding hydrogens is 506 g/mol. The molecule has 0 aliphatic rings. The van der Waals surface area contributed by atoms with Gasteiger partial charge >= 0.3 is 0 Å². The van der Waals surface area contributed by atoms with Gasteiger partial charge < -0.3 is 10.2 Å². The SMILES string of the molecule is CCCNC(=O)[C@H](CC)N(CCc1ccccc1)C(=O)CN(c1ccccc1Br)S(C)(=O)=O. The summed E-state index contributed by atoms with van der Waals surface area (Å²) in [6.07, 6.45) is 2.82. The van der Waals surface area contributed by atoms with E-state index in [1.807, 2.05) is 44.2 Å². The Morgan fingerprint density at radius 1 is 1.03 bits per heavy atom. The molecule has 0 aliphatic heterocycles. The zero-order valence-electron chi connectivity index (χ0n) is 19.3. The third-order valence-electron chi connectivity index (χ3n) is 5.22. The van der Waals surface area contributed by atoms with E-state index in [0.717, 1.165) is 22.5 Å². The van der Waals surface area contributed by atoms with Crippen molar-refractivity contribution in [2.45, 2.75) is 39.2 Å². The average molecular weight is 539 g/mol. The normalized spacial score (nSPS) is 12.1. The highest BCUT2D eigenvalue weighted by Gasteiger charge is 2.31. The molecule has 0 spiro atoms. The van der Waals surface area contributed by atoms with E-state index in [2.05, 4.69) is 21.2 Å². The van der Waals surface area contributed by atoms with E-state index in [1.54, 1.807) is 24.3 Å². The zero-order chi connectivity index (χ0) is 24.4. The molecule has 1 N–H and O–H groups in total. The second-order valence-electron chi connectivity index (χ2n) is 7.76. The molecular formula is C24H32BrN3O4S. The molecule has 0 unspecified atom stereocenters. The fourth-order valence-electron chi connectivity index (χ4n) is 3.51. The van der Waals surface area contributed by atoms with E-state index < -0.39 is 28.5 Å². The zero-order valence-corrected chi connectivity index (χ0v) is 21.7. The van der Waals surface area contributed by atoms with E-state index in [4.69, 9.17) is 0 Å². The van der Waals surface area contributed by atoms with Gasteiger partial charge in [0, 0.05) is 17.6 Å². The van der Waals surface area contributed by atoms with Crippen LogP contribution in [-0.2, 0) is 26.0 Å². The van der Waals surface area contributed by atoms with E-state index in [-0.39, 0.29) is 5.91 Å².